The minimum atomic E-state index is -3.10. The molecule has 8 nitrogen and oxygen atoms in total. The molecule has 4 heterocycles. The number of pyridine rings is 1. The maximum absolute atomic E-state index is 13.8. The summed E-state index contributed by atoms with van der Waals surface area (Å²) in [6.07, 6.45) is 4.77. The molecule has 2 fully saturated rings. The quantitative estimate of drug-likeness (QED) is 0.562. The smallest absolute Gasteiger partial charge is 0.254 e. The zero-order valence-corrected chi connectivity index (χ0v) is 20.5. The summed E-state index contributed by atoms with van der Waals surface area (Å²) in [6.45, 7) is 3.35. The first-order valence-corrected chi connectivity index (χ1v) is 13.7. The van der Waals surface area contributed by atoms with Crippen LogP contribution in [-0.4, -0.2) is 65.7 Å². The number of hydrogen-bond acceptors (Lipinski definition) is 6. The van der Waals surface area contributed by atoms with Gasteiger partial charge in [-0.2, -0.15) is 5.10 Å². The molecule has 2 aliphatic rings. The Morgan fingerprint density at radius 3 is 2.56 bits per heavy atom. The molecule has 34 heavy (non-hydrogen) atoms. The van der Waals surface area contributed by atoms with E-state index in [1.54, 1.807) is 11.8 Å². The number of carbonyl (C=O) groups excluding carboxylic acids is 1. The third-order valence-electron chi connectivity index (χ3n) is 6.88. The van der Waals surface area contributed by atoms with E-state index in [1.165, 1.54) is 0 Å². The van der Waals surface area contributed by atoms with Crippen LogP contribution in [0.3, 0.4) is 0 Å². The highest BCUT2D eigenvalue weighted by molar-refractivity contribution is 7.91. The van der Waals surface area contributed by atoms with Crippen LogP contribution in [0.25, 0.3) is 22.3 Å². The second-order valence-corrected chi connectivity index (χ2v) is 11.5. The number of amides is 1. The molecule has 0 spiro atoms. The lowest BCUT2D eigenvalue weighted by Crippen LogP contribution is -2.32. The van der Waals surface area contributed by atoms with Crippen LogP contribution in [0.4, 0.5) is 0 Å². The number of methoxy groups -OCH3 is 1. The second kappa shape index (κ2) is 9.02. The Bertz CT molecular complexity index is 1340. The fraction of sp³-hybridized carbons (Fsp3) is 0.480. The van der Waals surface area contributed by atoms with Gasteiger partial charge in [-0.25, -0.2) is 18.1 Å². The van der Waals surface area contributed by atoms with Gasteiger partial charge in [0, 0.05) is 18.7 Å². The topological polar surface area (TPSA) is 94.4 Å². The van der Waals surface area contributed by atoms with Gasteiger partial charge in [0.25, 0.3) is 5.91 Å². The van der Waals surface area contributed by atoms with E-state index in [0.717, 1.165) is 44.3 Å². The Balaban J connectivity index is 1.69. The normalized spacial score (nSPS) is 20.4. The summed E-state index contributed by atoms with van der Waals surface area (Å²) >= 11 is 0. The number of ether oxygens (including phenoxy) is 1. The van der Waals surface area contributed by atoms with E-state index in [0.29, 0.717) is 40.2 Å². The molecule has 0 radical (unpaired) electrons. The summed E-state index contributed by atoms with van der Waals surface area (Å²) in [5.41, 5.74) is 3.32. The highest BCUT2D eigenvalue weighted by atomic mass is 32.2. The Labute approximate surface area is 199 Å². The fourth-order valence-electron chi connectivity index (χ4n) is 5.08. The first-order valence-electron chi connectivity index (χ1n) is 11.9. The number of aromatic nitrogens is 3. The Kier molecular flexibility index (Phi) is 6.06. The van der Waals surface area contributed by atoms with Crippen LogP contribution in [-0.2, 0) is 9.84 Å². The van der Waals surface area contributed by atoms with E-state index >= 15 is 0 Å². The van der Waals surface area contributed by atoms with Gasteiger partial charge >= 0.3 is 0 Å². The standard InChI is InChI=1S/C25H30N4O4S/c1-17-23-21(25(30)28-11-5-3-4-6-12-28)15-22(18-8-7-9-20(14-18)33-2)26-24(23)29(27-17)19-10-13-34(31,32)16-19/h7-9,14-15,19H,3-6,10-13,16H2,1-2H3. The number of hydrogen-bond donors (Lipinski definition) is 0. The fourth-order valence-corrected chi connectivity index (χ4v) is 6.77. The van der Waals surface area contributed by atoms with Crippen molar-refractivity contribution in [3.05, 3.63) is 41.6 Å². The van der Waals surface area contributed by atoms with Gasteiger partial charge in [0.1, 0.15) is 5.75 Å². The van der Waals surface area contributed by atoms with Gasteiger partial charge in [-0.15, -0.1) is 0 Å². The number of benzene rings is 1. The highest BCUT2D eigenvalue weighted by Gasteiger charge is 2.33. The predicted octanol–water partition coefficient (Wildman–Crippen LogP) is 3.79. The first kappa shape index (κ1) is 22.8. The predicted molar refractivity (Wildman–Crippen MR) is 131 cm³/mol. The molecule has 0 N–H and O–H groups in total. The van der Waals surface area contributed by atoms with Gasteiger partial charge in [0.2, 0.25) is 0 Å². The van der Waals surface area contributed by atoms with Crippen molar-refractivity contribution in [2.45, 2.75) is 45.1 Å². The number of carbonyl (C=O) groups is 1. The van der Waals surface area contributed by atoms with Crippen molar-refractivity contribution in [3.63, 3.8) is 0 Å². The summed E-state index contributed by atoms with van der Waals surface area (Å²) < 4.78 is 31.5. The molecule has 0 saturated carbocycles. The molecule has 2 aromatic heterocycles. The van der Waals surface area contributed by atoms with Gasteiger partial charge in [-0.05, 0) is 44.4 Å². The first-order chi connectivity index (χ1) is 16.4. The molecule has 0 bridgehead atoms. The molecule has 1 amide bonds. The van der Waals surface area contributed by atoms with E-state index in [-0.39, 0.29) is 23.5 Å². The van der Waals surface area contributed by atoms with Crippen molar-refractivity contribution in [1.82, 2.24) is 19.7 Å². The molecule has 2 aliphatic heterocycles. The Hall–Kier alpha value is -2.94. The molecule has 1 aromatic carbocycles. The van der Waals surface area contributed by atoms with Gasteiger partial charge in [-0.1, -0.05) is 25.0 Å². The molecule has 1 unspecified atom stereocenters. The van der Waals surface area contributed by atoms with Crippen LogP contribution in [0.15, 0.2) is 30.3 Å². The molecular formula is C25H30N4O4S. The molecule has 180 valence electrons. The average Bonchev–Trinajstić information content (AvgIpc) is 3.22. The van der Waals surface area contributed by atoms with E-state index in [1.807, 2.05) is 42.2 Å². The maximum Gasteiger partial charge on any atom is 0.254 e. The highest BCUT2D eigenvalue weighted by Crippen LogP contribution is 2.33. The lowest BCUT2D eigenvalue weighted by molar-refractivity contribution is 0.0763. The van der Waals surface area contributed by atoms with Crippen LogP contribution >= 0.6 is 0 Å². The molecule has 3 aromatic rings. The number of likely N-dealkylation sites (tertiary alicyclic amines) is 1. The van der Waals surface area contributed by atoms with E-state index < -0.39 is 9.84 Å². The second-order valence-electron chi connectivity index (χ2n) is 9.28. The summed E-state index contributed by atoms with van der Waals surface area (Å²) in [5.74, 6) is 0.878. The Morgan fingerprint density at radius 2 is 1.88 bits per heavy atom. The monoisotopic (exact) mass is 482 g/mol. The largest absolute Gasteiger partial charge is 0.497 e. The van der Waals surface area contributed by atoms with Crippen molar-refractivity contribution in [3.8, 4) is 17.0 Å². The summed E-state index contributed by atoms with van der Waals surface area (Å²) in [5, 5.41) is 5.42. The van der Waals surface area contributed by atoms with Crippen molar-refractivity contribution in [1.29, 1.82) is 0 Å². The number of aryl methyl sites for hydroxylation is 1. The molecule has 9 heteroatoms. The lowest BCUT2D eigenvalue weighted by atomic mass is 10.0. The van der Waals surface area contributed by atoms with E-state index in [4.69, 9.17) is 14.8 Å². The average molecular weight is 483 g/mol. The number of nitrogens with zero attached hydrogens (tertiary/aromatic N) is 4. The molecule has 1 atom stereocenters. The van der Waals surface area contributed by atoms with Crippen molar-refractivity contribution in [2.75, 3.05) is 31.7 Å². The number of rotatable bonds is 4. The molecule has 2 saturated heterocycles. The minimum Gasteiger partial charge on any atom is -0.497 e. The molecular weight excluding hydrogens is 452 g/mol. The maximum atomic E-state index is 13.8. The third kappa shape index (κ3) is 4.29. The third-order valence-corrected chi connectivity index (χ3v) is 8.63. The van der Waals surface area contributed by atoms with E-state index in [2.05, 4.69) is 0 Å². The van der Waals surface area contributed by atoms with Crippen LogP contribution in [0, 0.1) is 6.92 Å². The molecule has 0 aliphatic carbocycles. The van der Waals surface area contributed by atoms with Crippen LogP contribution in [0.1, 0.15) is 54.2 Å². The van der Waals surface area contributed by atoms with Crippen LogP contribution < -0.4 is 4.74 Å². The zero-order chi connectivity index (χ0) is 23.9. The summed E-state index contributed by atoms with van der Waals surface area (Å²) in [6, 6.07) is 9.16. The van der Waals surface area contributed by atoms with Gasteiger partial charge in [0.05, 0.1) is 47.0 Å². The zero-order valence-electron chi connectivity index (χ0n) is 19.7. The lowest BCUT2D eigenvalue weighted by Gasteiger charge is -2.21. The summed E-state index contributed by atoms with van der Waals surface area (Å²) in [7, 11) is -1.49. The van der Waals surface area contributed by atoms with Gasteiger partial charge in [0.15, 0.2) is 15.5 Å². The van der Waals surface area contributed by atoms with Gasteiger partial charge < -0.3 is 9.64 Å². The number of fused-ring (bicyclic) bond motifs is 1. The summed E-state index contributed by atoms with van der Waals surface area (Å²) in [4.78, 5) is 20.7. The van der Waals surface area contributed by atoms with Crippen molar-refractivity contribution >= 4 is 26.8 Å². The molecule has 5 rings (SSSR count). The van der Waals surface area contributed by atoms with Gasteiger partial charge in [-0.3, -0.25) is 4.79 Å². The van der Waals surface area contributed by atoms with Crippen molar-refractivity contribution < 1.29 is 17.9 Å². The SMILES string of the molecule is COc1cccc(-c2cc(C(=O)N3CCCCCC3)c3c(C)nn(C4CCS(=O)(=O)C4)c3n2)c1. The minimum absolute atomic E-state index is 0.0138. The Morgan fingerprint density at radius 1 is 1.12 bits per heavy atom. The van der Waals surface area contributed by atoms with Crippen LogP contribution in [0.2, 0.25) is 0 Å². The van der Waals surface area contributed by atoms with Crippen LogP contribution in [0.5, 0.6) is 5.75 Å². The van der Waals surface area contributed by atoms with Crippen molar-refractivity contribution in [2.24, 2.45) is 0 Å². The number of sulfone groups is 1. The van der Waals surface area contributed by atoms with E-state index in [9.17, 15) is 13.2 Å².